The fourth-order valence-corrected chi connectivity index (χ4v) is 3.25. The van der Waals surface area contributed by atoms with Gasteiger partial charge in [-0.15, -0.1) is 0 Å². The monoisotopic (exact) mass is 385 g/mol. The van der Waals surface area contributed by atoms with Crippen molar-refractivity contribution in [1.29, 1.82) is 0 Å². The topological polar surface area (TPSA) is 64.6 Å². The molecule has 0 fully saturated rings. The lowest BCUT2D eigenvalue weighted by Crippen LogP contribution is -2.32. The number of ether oxygens (including phenoxy) is 2. The van der Waals surface area contributed by atoms with Crippen LogP contribution in [0.15, 0.2) is 42.5 Å². The van der Waals surface area contributed by atoms with Gasteiger partial charge in [-0.3, -0.25) is 4.79 Å². The Balaban J connectivity index is 1.42. The Morgan fingerprint density at radius 3 is 2.50 bits per heavy atom. The third kappa shape index (κ3) is 5.55. The zero-order valence-corrected chi connectivity index (χ0v) is 15.9. The van der Waals surface area contributed by atoms with E-state index in [1.165, 1.54) is 48.2 Å². The van der Waals surface area contributed by atoms with Crippen LogP contribution in [0.2, 0.25) is 0 Å². The van der Waals surface area contributed by atoms with E-state index in [0.717, 1.165) is 18.4 Å². The first-order valence-electron chi connectivity index (χ1n) is 9.46. The number of benzene rings is 2. The number of aryl methyl sites for hydroxylation is 2. The summed E-state index contributed by atoms with van der Waals surface area (Å²) in [6.07, 6.45) is 4.63. The quantitative estimate of drug-likeness (QED) is 0.741. The molecule has 0 heterocycles. The van der Waals surface area contributed by atoms with Gasteiger partial charge in [-0.1, -0.05) is 18.2 Å². The SMILES string of the molecule is C[C@H](NC(=O)COC(=O)COc1ccc(F)cc1)c1ccc2c(c1)CCCC2. The molecule has 28 heavy (non-hydrogen) atoms. The molecule has 1 atom stereocenters. The molecule has 0 saturated carbocycles. The maximum atomic E-state index is 12.8. The first-order chi connectivity index (χ1) is 13.5. The van der Waals surface area contributed by atoms with Crippen molar-refractivity contribution in [2.24, 2.45) is 0 Å². The average Bonchev–Trinajstić information content (AvgIpc) is 2.71. The van der Waals surface area contributed by atoms with Crippen LogP contribution in [0.4, 0.5) is 4.39 Å². The van der Waals surface area contributed by atoms with Crippen molar-refractivity contribution in [1.82, 2.24) is 5.32 Å². The van der Waals surface area contributed by atoms with Crippen LogP contribution in [-0.4, -0.2) is 25.1 Å². The third-order valence-electron chi connectivity index (χ3n) is 4.78. The van der Waals surface area contributed by atoms with Gasteiger partial charge in [0.05, 0.1) is 6.04 Å². The average molecular weight is 385 g/mol. The Labute approximate surface area is 163 Å². The molecule has 0 radical (unpaired) electrons. The van der Waals surface area contributed by atoms with Gasteiger partial charge in [-0.05, 0) is 73.6 Å². The third-order valence-corrected chi connectivity index (χ3v) is 4.78. The number of fused-ring (bicyclic) bond motifs is 1. The number of carbonyl (C=O) groups excluding carboxylic acids is 2. The molecule has 0 spiro atoms. The number of esters is 1. The van der Waals surface area contributed by atoms with Crippen molar-refractivity contribution >= 4 is 11.9 Å². The van der Waals surface area contributed by atoms with E-state index in [0.29, 0.717) is 5.75 Å². The fraction of sp³-hybridized carbons (Fsp3) is 0.364. The minimum atomic E-state index is -0.666. The lowest BCUT2D eigenvalue weighted by molar-refractivity contribution is -0.150. The van der Waals surface area contributed by atoms with E-state index < -0.39 is 5.97 Å². The molecular formula is C22H24FNO4. The van der Waals surface area contributed by atoms with Crippen LogP contribution in [0, 0.1) is 5.82 Å². The highest BCUT2D eigenvalue weighted by atomic mass is 19.1. The van der Waals surface area contributed by atoms with E-state index in [1.807, 2.05) is 13.0 Å². The predicted molar refractivity (Wildman–Crippen MR) is 102 cm³/mol. The molecule has 0 aromatic heterocycles. The fourth-order valence-electron chi connectivity index (χ4n) is 3.25. The molecule has 1 aliphatic carbocycles. The maximum absolute atomic E-state index is 12.8. The van der Waals surface area contributed by atoms with Crippen LogP contribution >= 0.6 is 0 Å². The molecule has 1 aliphatic rings. The number of hydrogen-bond donors (Lipinski definition) is 1. The van der Waals surface area contributed by atoms with Gasteiger partial charge in [0.2, 0.25) is 0 Å². The molecule has 5 nitrogen and oxygen atoms in total. The van der Waals surface area contributed by atoms with Crippen LogP contribution < -0.4 is 10.1 Å². The van der Waals surface area contributed by atoms with Crippen LogP contribution in [0.25, 0.3) is 0 Å². The molecule has 2 aromatic carbocycles. The van der Waals surface area contributed by atoms with Gasteiger partial charge in [-0.2, -0.15) is 0 Å². The molecule has 0 aliphatic heterocycles. The van der Waals surface area contributed by atoms with Crippen molar-refractivity contribution in [3.8, 4) is 5.75 Å². The standard InChI is InChI=1S/C22H24FNO4/c1-15(17-7-6-16-4-2-3-5-18(16)12-17)24-21(25)13-28-22(26)14-27-20-10-8-19(23)9-11-20/h6-12,15H,2-5,13-14H2,1H3,(H,24,25)/t15-/m0/s1. The highest BCUT2D eigenvalue weighted by molar-refractivity contribution is 5.81. The van der Waals surface area contributed by atoms with Crippen LogP contribution in [0.5, 0.6) is 5.75 Å². The molecule has 148 valence electrons. The van der Waals surface area contributed by atoms with Crippen molar-refractivity contribution < 1.29 is 23.5 Å². The summed E-state index contributed by atoms with van der Waals surface area (Å²) in [7, 11) is 0. The maximum Gasteiger partial charge on any atom is 0.344 e. The number of halogens is 1. The Morgan fingerprint density at radius 2 is 1.75 bits per heavy atom. The molecule has 1 N–H and O–H groups in total. The number of hydrogen-bond acceptors (Lipinski definition) is 4. The summed E-state index contributed by atoms with van der Waals surface area (Å²) in [4.78, 5) is 23.8. The van der Waals surface area contributed by atoms with E-state index in [4.69, 9.17) is 9.47 Å². The molecule has 6 heteroatoms. The Morgan fingerprint density at radius 1 is 1.04 bits per heavy atom. The Kier molecular flexibility index (Phi) is 6.63. The summed E-state index contributed by atoms with van der Waals surface area (Å²) in [5.41, 5.74) is 3.79. The lowest BCUT2D eigenvalue weighted by Gasteiger charge is -2.20. The molecule has 0 saturated heterocycles. The minimum absolute atomic E-state index is 0.172. The highest BCUT2D eigenvalue weighted by Crippen LogP contribution is 2.24. The Bertz CT molecular complexity index is 835. The van der Waals surface area contributed by atoms with Gasteiger partial charge < -0.3 is 14.8 Å². The lowest BCUT2D eigenvalue weighted by atomic mass is 9.89. The highest BCUT2D eigenvalue weighted by Gasteiger charge is 2.15. The second-order valence-corrected chi connectivity index (χ2v) is 6.93. The van der Waals surface area contributed by atoms with Crippen molar-refractivity contribution in [3.05, 3.63) is 65.0 Å². The largest absolute Gasteiger partial charge is 0.482 e. The van der Waals surface area contributed by atoms with Crippen molar-refractivity contribution in [3.63, 3.8) is 0 Å². The van der Waals surface area contributed by atoms with E-state index >= 15 is 0 Å². The van der Waals surface area contributed by atoms with E-state index in [2.05, 4.69) is 17.4 Å². The summed E-state index contributed by atoms with van der Waals surface area (Å²) in [5, 5.41) is 2.84. The normalized spacial score (nSPS) is 13.9. The van der Waals surface area contributed by atoms with Crippen LogP contribution in [0.3, 0.4) is 0 Å². The first kappa shape index (κ1) is 19.9. The number of amides is 1. The molecule has 2 aromatic rings. The van der Waals surface area contributed by atoms with E-state index in [9.17, 15) is 14.0 Å². The minimum Gasteiger partial charge on any atom is -0.482 e. The smallest absolute Gasteiger partial charge is 0.344 e. The summed E-state index contributed by atoms with van der Waals surface area (Å²) < 4.78 is 22.9. The molecule has 0 unspecified atom stereocenters. The zero-order valence-electron chi connectivity index (χ0n) is 15.9. The van der Waals surface area contributed by atoms with Gasteiger partial charge in [0.25, 0.3) is 5.91 Å². The molecule has 3 rings (SSSR count). The summed E-state index contributed by atoms with van der Waals surface area (Å²) in [6.45, 7) is 1.18. The van der Waals surface area contributed by atoms with Gasteiger partial charge in [0, 0.05) is 0 Å². The Hall–Kier alpha value is -2.89. The second-order valence-electron chi connectivity index (χ2n) is 6.93. The summed E-state index contributed by atoms with van der Waals surface area (Å²) in [6, 6.07) is 11.4. The van der Waals surface area contributed by atoms with Crippen LogP contribution in [0.1, 0.15) is 42.5 Å². The van der Waals surface area contributed by atoms with Gasteiger partial charge in [0.15, 0.2) is 13.2 Å². The summed E-state index contributed by atoms with van der Waals surface area (Å²) >= 11 is 0. The van der Waals surface area contributed by atoms with Gasteiger partial charge in [0.1, 0.15) is 11.6 Å². The molecule has 0 bridgehead atoms. The van der Waals surface area contributed by atoms with E-state index in [1.54, 1.807) is 0 Å². The number of carbonyl (C=O) groups is 2. The molecular weight excluding hydrogens is 361 g/mol. The number of rotatable bonds is 7. The molecule has 1 amide bonds. The van der Waals surface area contributed by atoms with Gasteiger partial charge >= 0.3 is 5.97 Å². The van der Waals surface area contributed by atoms with Crippen LogP contribution in [-0.2, 0) is 27.2 Å². The summed E-state index contributed by atoms with van der Waals surface area (Å²) in [5.74, 6) is -1.08. The van der Waals surface area contributed by atoms with E-state index in [-0.39, 0.29) is 31.0 Å². The predicted octanol–water partition coefficient (Wildman–Crippen LogP) is 3.50. The zero-order chi connectivity index (χ0) is 19.9. The second kappa shape index (κ2) is 9.35. The van der Waals surface area contributed by atoms with Gasteiger partial charge in [-0.25, -0.2) is 9.18 Å². The first-order valence-corrected chi connectivity index (χ1v) is 9.46. The van der Waals surface area contributed by atoms with Crippen molar-refractivity contribution in [2.45, 2.75) is 38.6 Å². The van der Waals surface area contributed by atoms with Crippen molar-refractivity contribution in [2.75, 3.05) is 13.2 Å². The number of nitrogens with one attached hydrogen (secondary N) is 1.